The average Bonchev–Trinajstić information content (AvgIpc) is 3.31. The predicted octanol–water partition coefficient (Wildman–Crippen LogP) is 6.15. The fourth-order valence-electron chi connectivity index (χ4n) is 7.76. The molecule has 2 nitrogen and oxygen atoms in total. The van der Waals surface area contributed by atoms with E-state index in [1.165, 1.54) is 6.92 Å². The van der Waals surface area contributed by atoms with Crippen LogP contribution in [0, 0.1) is 47.3 Å². The molecule has 0 radical (unpaired) electrons. The van der Waals surface area contributed by atoms with Crippen LogP contribution in [0.25, 0.3) is 0 Å². The highest BCUT2D eigenvalue weighted by Crippen LogP contribution is 2.74. The van der Waals surface area contributed by atoms with E-state index < -0.39 is 42.8 Å². The molecule has 174 valence electrons. The molecule has 4 bridgehead atoms. The lowest BCUT2D eigenvalue weighted by Crippen LogP contribution is -2.63. The Bertz CT molecular complexity index is 649. The van der Waals surface area contributed by atoms with Gasteiger partial charge < -0.3 is 9.47 Å². The second-order valence-corrected chi connectivity index (χ2v) is 10.0. The molecular weight excluding hydrogens is 417 g/mol. The molecule has 4 fully saturated rings. The standard InChI is InChI=1S/C21H29F7O2/c1-4-29-9-30-19(20(23,24)25,21(26,27)28)8-18(22)7-12-5-15(18)17-14-6-13(16(12)17)10(2)11(14)3/h10-17H,4-9H2,1-3H3. The maximum atomic E-state index is 16.1. The molecule has 9 heteroatoms. The van der Waals surface area contributed by atoms with Crippen LogP contribution in [0.5, 0.6) is 0 Å². The Morgan fingerprint density at radius 1 is 0.900 bits per heavy atom. The summed E-state index contributed by atoms with van der Waals surface area (Å²) in [5.41, 5.74) is -7.11. The number of alkyl halides is 7. The second-order valence-electron chi connectivity index (χ2n) is 10.0. The largest absolute Gasteiger partial charge is 0.426 e. The molecule has 0 aromatic rings. The lowest BCUT2D eigenvalue weighted by atomic mass is 9.60. The summed E-state index contributed by atoms with van der Waals surface area (Å²) in [5, 5.41) is 0. The van der Waals surface area contributed by atoms with Gasteiger partial charge in [0.2, 0.25) is 0 Å². The highest BCUT2D eigenvalue weighted by Gasteiger charge is 2.78. The Labute approximate surface area is 171 Å². The Morgan fingerprint density at radius 2 is 1.47 bits per heavy atom. The molecule has 0 saturated heterocycles. The molecule has 0 spiro atoms. The Balaban J connectivity index is 1.64. The van der Waals surface area contributed by atoms with Crippen LogP contribution in [0.2, 0.25) is 0 Å². The summed E-state index contributed by atoms with van der Waals surface area (Å²) in [4.78, 5) is 0. The third kappa shape index (κ3) is 2.96. The molecule has 0 aromatic heterocycles. The molecule has 4 saturated carbocycles. The van der Waals surface area contributed by atoms with E-state index in [0.29, 0.717) is 24.2 Å². The van der Waals surface area contributed by atoms with Crippen molar-refractivity contribution in [2.75, 3.05) is 13.4 Å². The van der Waals surface area contributed by atoms with Crippen LogP contribution in [0.3, 0.4) is 0 Å². The van der Waals surface area contributed by atoms with Crippen molar-refractivity contribution in [2.24, 2.45) is 47.3 Å². The first-order valence-electron chi connectivity index (χ1n) is 10.8. The maximum Gasteiger partial charge on any atom is 0.426 e. The molecule has 0 aromatic carbocycles. The van der Waals surface area contributed by atoms with Crippen molar-refractivity contribution >= 4 is 0 Å². The lowest BCUT2D eigenvalue weighted by molar-refractivity contribution is -0.402. The summed E-state index contributed by atoms with van der Waals surface area (Å²) >= 11 is 0. The number of rotatable bonds is 6. The molecule has 30 heavy (non-hydrogen) atoms. The number of fused-ring (bicyclic) bond motifs is 9. The predicted molar refractivity (Wildman–Crippen MR) is 94.0 cm³/mol. The van der Waals surface area contributed by atoms with E-state index in [1.54, 1.807) is 0 Å². The summed E-state index contributed by atoms with van der Waals surface area (Å²) in [6, 6.07) is 0. The topological polar surface area (TPSA) is 18.5 Å². The van der Waals surface area contributed by atoms with Crippen LogP contribution in [0.1, 0.15) is 46.5 Å². The Morgan fingerprint density at radius 3 is 2.00 bits per heavy atom. The second kappa shape index (κ2) is 6.96. The molecule has 0 N–H and O–H groups in total. The van der Waals surface area contributed by atoms with Gasteiger partial charge in [-0.05, 0) is 73.5 Å². The summed E-state index contributed by atoms with van der Waals surface area (Å²) in [5.74, 6) is 0.627. The van der Waals surface area contributed by atoms with Crippen molar-refractivity contribution in [1.29, 1.82) is 0 Å². The molecule has 4 rings (SSSR count). The first-order valence-corrected chi connectivity index (χ1v) is 10.8. The zero-order valence-corrected chi connectivity index (χ0v) is 17.3. The van der Waals surface area contributed by atoms with Crippen molar-refractivity contribution in [3.63, 3.8) is 0 Å². The molecule has 0 heterocycles. The fraction of sp³-hybridized carbons (Fsp3) is 1.00. The van der Waals surface area contributed by atoms with E-state index in [0.717, 1.165) is 6.42 Å². The van der Waals surface area contributed by atoms with Gasteiger partial charge in [-0.25, -0.2) is 4.39 Å². The van der Waals surface area contributed by atoms with Crippen molar-refractivity contribution in [1.82, 2.24) is 0 Å². The van der Waals surface area contributed by atoms with Gasteiger partial charge in [-0.1, -0.05) is 13.8 Å². The summed E-state index contributed by atoms with van der Waals surface area (Å²) in [6.45, 7) is 4.37. The van der Waals surface area contributed by atoms with Gasteiger partial charge in [-0.15, -0.1) is 0 Å². The monoisotopic (exact) mass is 446 g/mol. The molecule has 4 aliphatic rings. The maximum absolute atomic E-state index is 16.1. The molecule has 0 amide bonds. The minimum absolute atomic E-state index is 0.111. The Hall–Kier alpha value is -0.570. The quantitative estimate of drug-likeness (QED) is 0.211. The van der Waals surface area contributed by atoms with E-state index in [4.69, 9.17) is 0 Å². The third-order valence-corrected chi connectivity index (χ3v) is 9.04. The molecular formula is C21H29F7O2. The number of hydrogen-bond donors (Lipinski definition) is 0. The van der Waals surface area contributed by atoms with Crippen LogP contribution in [-0.2, 0) is 9.47 Å². The summed E-state index contributed by atoms with van der Waals surface area (Å²) in [6.07, 6.45) is -12.3. The SMILES string of the molecule is CCOCOC(CC1(F)CC2CC1C1C3CC(C(C)C3C)C21)(C(F)(F)F)C(F)(F)F. The highest BCUT2D eigenvalue weighted by molar-refractivity contribution is 5.20. The zero-order valence-electron chi connectivity index (χ0n) is 17.3. The Kier molecular flexibility index (Phi) is 5.25. The van der Waals surface area contributed by atoms with Gasteiger partial charge in [-0.3, -0.25) is 0 Å². The number of halogens is 7. The van der Waals surface area contributed by atoms with Gasteiger partial charge in [0, 0.05) is 13.0 Å². The van der Waals surface area contributed by atoms with E-state index in [1.807, 2.05) is 0 Å². The third-order valence-electron chi connectivity index (χ3n) is 9.04. The smallest absolute Gasteiger partial charge is 0.356 e. The number of ether oxygens (including phenoxy) is 2. The molecule has 0 aliphatic heterocycles. The average molecular weight is 446 g/mol. The van der Waals surface area contributed by atoms with E-state index in [9.17, 15) is 26.3 Å². The molecule has 4 aliphatic carbocycles. The summed E-state index contributed by atoms with van der Waals surface area (Å²) < 4.78 is 108. The first kappa shape index (κ1) is 22.6. The minimum Gasteiger partial charge on any atom is -0.356 e. The van der Waals surface area contributed by atoms with Crippen molar-refractivity contribution < 1.29 is 40.2 Å². The summed E-state index contributed by atoms with van der Waals surface area (Å²) in [7, 11) is 0. The highest BCUT2D eigenvalue weighted by atomic mass is 19.4. The molecule has 9 atom stereocenters. The van der Waals surface area contributed by atoms with Gasteiger partial charge in [0.1, 0.15) is 12.5 Å². The van der Waals surface area contributed by atoms with Gasteiger partial charge in [0.15, 0.2) is 0 Å². The van der Waals surface area contributed by atoms with Gasteiger partial charge >= 0.3 is 12.4 Å². The van der Waals surface area contributed by atoms with Crippen LogP contribution in [-0.4, -0.2) is 37.0 Å². The fourth-order valence-corrected chi connectivity index (χ4v) is 7.76. The van der Waals surface area contributed by atoms with Crippen molar-refractivity contribution in [3.8, 4) is 0 Å². The van der Waals surface area contributed by atoms with Gasteiger partial charge in [0.25, 0.3) is 5.60 Å². The molecule has 9 unspecified atom stereocenters. The van der Waals surface area contributed by atoms with Gasteiger partial charge in [0.05, 0.1) is 0 Å². The minimum atomic E-state index is -5.81. The van der Waals surface area contributed by atoms with Crippen LogP contribution in [0.4, 0.5) is 30.7 Å². The first-order chi connectivity index (χ1) is 13.8. The lowest BCUT2D eigenvalue weighted by Gasteiger charge is -2.48. The zero-order chi connectivity index (χ0) is 22.3. The van der Waals surface area contributed by atoms with E-state index in [-0.39, 0.29) is 36.7 Å². The van der Waals surface area contributed by atoms with Crippen molar-refractivity contribution in [3.05, 3.63) is 0 Å². The van der Waals surface area contributed by atoms with E-state index >= 15 is 4.39 Å². The van der Waals surface area contributed by atoms with Gasteiger partial charge in [-0.2, -0.15) is 26.3 Å². The van der Waals surface area contributed by atoms with E-state index in [2.05, 4.69) is 23.3 Å². The normalized spacial score (nSPS) is 45.4. The van der Waals surface area contributed by atoms with Crippen LogP contribution < -0.4 is 0 Å². The van der Waals surface area contributed by atoms with Crippen LogP contribution in [0.15, 0.2) is 0 Å². The van der Waals surface area contributed by atoms with Crippen molar-refractivity contribution in [2.45, 2.75) is 70.1 Å². The van der Waals surface area contributed by atoms with Crippen LogP contribution >= 0.6 is 0 Å². The number of hydrogen-bond acceptors (Lipinski definition) is 2.